The molecular formula is C19H23N3O2. The van der Waals surface area contributed by atoms with E-state index >= 15 is 0 Å². The molecule has 24 heavy (non-hydrogen) atoms. The molecule has 1 amide bonds. The van der Waals surface area contributed by atoms with Gasteiger partial charge in [0, 0.05) is 24.2 Å². The molecule has 1 aromatic carbocycles. The van der Waals surface area contributed by atoms with Crippen LogP contribution in [0.1, 0.15) is 41.9 Å². The van der Waals surface area contributed by atoms with Gasteiger partial charge in [-0.05, 0) is 44.9 Å². The Hall–Kier alpha value is -2.14. The summed E-state index contributed by atoms with van der Waals surface area (Å²) >= 11 is 0. The number of oxazole rings is 1. The maximum atomic E-state index is 12.7. The second-order valence-electron chi connectivity index (χ2n) is 6.76. The Balaban J connectivity index is 1.50. The van der Waals surface area contributed by atoms with Gasteiger partial charge in [-0.2, -0.15) is 0 Å². The van der Waals surface area contributed by atoms with Gasteiger partial charge in [0.05, 0.1) is 0 Å². The number of hydrogen-bond donors (Lipinski definition) is 1. The highest BCUT2D eigenvalue weighted by Crippen LogP contribution is 2.28. The molecule has 0 radical (unpaired) electrons. The SMILES string of the molecule is Cc1oc(-c2ccccc2)nc1C(=O)N[C@H]1CCN2CCCC[C@@H]12. The lowest BCUT2D eigenvalue weighted by molar-refractivity contribution is 0.0909. The summed E-state index contributed by atoms with van der Waals surface area (Å²) in [5.41, 5.74) is 1.29. The quantitative estimate of drug-likeness (QED) is 0.942. The summed E-state index contributed by atoms with van der Waals surface area (Å²) in [4.78, 5) is 19.6. The number of fused-ring (bicyclic) bond motifs is 1. The number of rotatable bonds is 3. The van der Waals surface area contributed by atoms with Crippen molar-refractivity contribution in [3.05, 3.63) is 41.8 Å². The van der Waals surface area contributed by atoms with Crippen molar-refractivity contribution >= 4 is 5.91 Å². The Morgan fingerprint density at radius 2 is 2.04 bits per heavy atom. The van der Waals surface area contributed by atoms with Crippen LogP contribution in [0.15, 0.2) is 34.7 Å². The number of aryl methyl sites for hydroxylation is 1. The average Bonchev–Trinajstić information content (AvgIpc) is 3.20. The Kier molecular flexibility index (Phi) is 4.10. The van der Waals surface area contributed by atoms with E-state index in [1.807, 2.05) is 30.3 Å². The molecular weight excluding hydrogens is 302 g/mol. The van der Waals surface area contributed by atoms with Crippen molar-refractivity contribution in [3.63, 3.8) is 0 Å². The van der Waals surface area contributed by atoms with E-state index in [2.05, 4.69) is 15.2 Å². The normalized spacial score (nSPS) is 23.9. The van der Waals surface area contributed by atoms with Crippen LogP contribution in [-0.2, 0) is 0 Å². The average molecular weight is 325 g/mol. The van der Waals surface area contributed by atoms with Crippen LogP contribution in [-0.4, -0.2) is 41.0 Å². The first-order valence-electron chi connectivity index (χ1n) is 8.80. The predicted molar refractivity (Wildman–Crippen MR) is 91.8 cm³/mol. The first-order chi connectivity index (χ1) is 11.7. The first-order valence-corrected chi connectivity index (χ1v) is 8.80. The molecule has 0 unspecified atom stereocenters. The van der Waals surface area contributed by atoms with Gasteiger partial charge in [-0.3, -0.25) is 9.69 Å². The van der Waals surface area contributed by atoms with Crippen molar-refractivity contribution in [2.75, 3.05) is 13.1 Å². The van der Waals surface area contributed by atoms with Gasteiger partial charge in [-0.15, -0.1) is 0 Å². The van der Waals surface area contributed by atoms with E-state index in [9.17, 15) is 4.79 Å². The standard InChI is InChI=1S/C19H23N3O2/c1-13-17(21-19(24-13)14-7-3-2-4-8-14)18(23)20-15-10-12-22-11-6-5-9-16(15)22/h2-4,7-8,15-16H,5-6,9-12H2,1H3,(H,20,23)/t15-,16-/m0/s1. The fourth-order valence-electron chi connectivity index (χ4n) is 3.96. The number of amides is 1. The molecule has 0 spiro atoms. The highest BCUT2D eigenvalue weighted by molar-refractivity contribution is 5.94. The second kappa shape index (κ2) is 6.40. The lowest BCUT2D eigenvalue weighted by Gasteiger charge is -2.32. The molecule has 126 valence electrons. The second-order valence-corrected chi connectivity index (χ2v) is 6.76. The van der Waals surface area contributed by atoms with Gasteiger partial charge >= 0.3 is 0 Å². The van der Waals surface area contributed by atoms with Crippen molar-refractivity contribution in [2.24, 2.45) is 0 Å². The van der Waals surface area contributed by atoms with E-state index in [1.54, 1.807) is 6.92 Å². The van der Waals surface area contributed by atoms with Crippen LogP contribution in [0.4, 0.5) is 0 Å². The molecule has 5 nitrogen and oxygen atoms in total. The number of aromatic nitrogens is 1. The Morgan fingerprint density at radius 3 is 2.88 bits per heavy atom. The molecule has 2 saturated heterocycles. The number of hydrogen-bond acceptors (Lipinski definition) is 4. The summed E-state index contributed by atoms with van der Waals surface area (Å²) < 4.78 is 5.71. The highest BCUT2D eigenvalue weighted by atomic mass is 16.4. The van der Waals surface area contributed by atoms with Crippen molar-refractivity contribution in [2.45, 2.75) is 44.7 Å². The minimum atomic E-state index is -0.115. The van der Waals surface area contributed by atoms with Gasteiger partial charge in [0.2, 0.25) is 5.89 Å². The molecule has 2 aliphatic rings. The number of piperidine rings is 1. The van der Waals surface area contributed by atoms with E-state index in [-0.39, 0.29) is 11.9 Å². The zero-order valence-corrected chi connectivity index (χ0v) is 14.0. The third kappa shape index (κ3) is 2.84. The molecule has 2 aromatic rings. The zero-order valence-electron chi connectivity index (χ0n) is 14.0. The third-order valence-electron chi connectivity index (χ3n) is 5.20. The van der Waals surface area contributed by atoms with Gasteiger partial charge < -0.3 is 9.73 Å². The number of carbonyl (C=O) groups is 1. The van der Waals surface area contributed by atoms with Gasteiger partial charge in [0.1, 0.15) is 5.76 Å². The Morgan fingerprint density at radius 1 is 1.21 bits per heavy atom. The van der Waals surface area contributed by atoms with Crippen LogP contribution in [0.25, 0.3) is 11.5 Å². The number of carbonyl (C=O) groups excluding carboxylic acids is 1. The molecule has 0 bridgehead atoms. The summed E-state index contributed by atoms with van der Waals surface area (Å²) in [5.74, 6) is 0.963. The highest BCUT2D eigenvalue weighted by Gasteiger charge is 2.36. The monoisotopic (exact) mass is 325 g/mol. The molecule has 0 aliphatic carbocycles. The predicted octanol–water partition coefficient (Wildman–Crippen LogP) is 3.01. The van der Waals surface area contributed by atoms with Crippen molar-refractivity contribution in [1.82, 2.24) is 15.2 Å². The van der Waals surface area contributed by atoms with Crippen LogP contribution in [0, 0.1) is 6.92 Å². The Labute approximate surface area is 142 Å². The summed E-state index contributed by atoms with van der Waals surface area (Å²) in [5, 5.41) is 3.20. The first kappa shape index (κ1) is 15.4. The van der Waals surface area contributed by atoms with Gasteiger partial charge in [0.15, 0.2) is 5.69 Å². The van der Waals surface area contributed by atoms with Gasteiger partial charge in [-0.25, -0.2) is 4.98 Å². The number of nitrogens with one attached hydrogen (secondary N) is 1. The number of nitrogens with zero attached hydrogens (tertiary/aromatic N) is 2. The molecule has 1 N–H and O–H groups in total. The van der Waals surface area contributed by atoms with Crippen LogP contribution >= 0.6 is 0 Å². The van der Waals surface area contributed by atoms with E-state index in [0.717, 1.165) is 25.1 Å². The summed E-state index contributed by atoms with van der Waals surface area (Å²) in [6.07, 6.45) is 4.74. The smallest absolute Gasteiger partial charge is 0.273 e. The maximum Gasteiger partial charge on any atom is 0.273 e. The summed E-state index contributed by atoms with van der Waals surface area (Å²) in [6, 6.07) is 10.4. The van der Waals surface area contributed by atoms with E-state index in [0.29, 0.717) is 23.4 Å². The van der Waals surface area contributed by atoms with Crippen molar-refractivity contribution in [1.29, 1.82) is 0 Å². The summed E-state index contributed by atoms with van der Waals surface area (Å²) in [6.45, 7) is 4.05. The fraction of sp³-hybridized carbons (Fsp3) is 0.474. The van der Waals surface area contributed by atoms with Crippen molar-refractivity contribution < 1.29 is 9.21 Å². The molecule has 1 aromatic heterocycles. The van der Waals surface area contributed by atoms with Crippen LogP contribution in [0.2, 0.25) is 0 Å². The summed E-state index contributed by atoms with van der Waals surface area (Å²) in [7, 11) is 0. The third-order valence-corrected chi connectivity index (χ3v) is 5.20. The number of benzene rings is 1. The molecule has 5 heteroatoms. The zero-order chi connectivity index (χ0) is 16.5. The minimum absolute atomic E-state index is 0.115. The maximum absolute atomic E-state index is 12.7. The lowest BCUT2D eigenvalue weighted by Crippen LogP contribution is -2.46. The molecule has 2 atom stereocenters. The molecule has 0 saturated carbocycles. The van der Waals surface area contributed by atoms with Crippen molar-refractivity contribution in [3.8, 4) is 11.5 Å². The van der Waals surface area contributed by atoms with Gasteiger partial charge in [-0.1, -0.05) is 24.6 Å². The fourth-order valence-corrected chi connectivity index (χ4v) is 3.96. The van der Waals surface area contributed by atoms with Crippen LogP contribution in [0.5, 0.6) is 0 Å². The lowest BCUT2D eigenvalue weighted by atomic mass is 9.99. The molecule has 3 heterocycles. The topological polar surface area (TPSA) is 58.4 Å². The molecule has 2 fully saturated rings. The van der Waals surface area contributed by atoms with E-state index in [4.69, 9.17) is 4.42 Å². The van der Waals surface area contributed by atoms with Gasteiger partial charge in [0.25, 0.3) is 5.91 Å². The minimum Gasteiger partial charge on any atom is -0.441 e. The molecule has 4 rings (SSSR count). The van der Waals surface area contributed by atoms with Crippen LogP contribution < -0.4 is 5.32 Å². The largest absolute Gasteiger partial charge is 0.441 e. The van der Waals surface area contributed by atoms with E-state index < -0.39 is 0 Å². The van der Waals surface area contributed by atoms with E-state index in [1.165, 1.54) is 19.3 Å². The Bertz CT molecular complexity index is 725. The van der Waals surface area contributed by atoms with Crippen LogP contribution in [0.3, 0.4) is 0 Å². The molecule has 2 aliphatic heterocycles.